The molecule has 2 aromatic rings. The van der Waals surface area contributed by atoms with E-state index in [1.807, 2.05) is 30.3 Å². The molecule has 0 radical (unpaired) electrons. The standard InChI is InChI=1S/C18H21NO/c19-18(12-6-7-13-18)16-10-4-5-11-17(16)20-14-15-8-2-1-3-9-15/h1-5,8-11H,6-7,12-14,19H2. The number of rotatable bonds is 4. The van der Waals surface area contributed by atoms with Crippen molar-refractivity contribution in [2.45, 2.75) is 37.8 Å². The van der Waals surface area contributed by atoms with Crippen molar-refractivity contribution >= 4 is 0 Å². The van der Waals surface area contributed by atoms with Crippen LogP contribution in [0.5, 0.6) is 5.75 Å². The van der Waals surface area contributed by atoms with Crippen LogP contribution in [0, 0.1) is 0 Å². The van der Waals surface area contributed by atoms with E-state index in [1.54, 1.807) is 0 Å². The summed E-state index contributed by atoms with van der Waals surface area (Å²) in [6.45, 7) is 0.591. The third kappa shape index (κ3) is 2.70. The Morgan fingerprint density at radius 1 is 0.900 bits per heavy atom. The second-order valence-electron chi connectivity index (χ2n) is 5.63. The molecule has 1 aliphatic carbocycles. The molecule has 3 rings (SSSR count). The average Bonchev–Trinajstić information content (AvgIpc) is 2.94. The van der Waals surface area contributed by atoms with E-state index in [9.17, 15) is 0 Å². The molecule has 1 saturated carbocycles. The Balaban J connectivity index is 1.80. The minimum atomic E-state index is -0.201. The normalized spacial score (nSPS) is 17.1. The Hall–Kier alpha value is -1.80. The zero-order chi connectivity index (χ0) is 13.8. The SMILES string of the molecule is NC1(c2ccccc2OCc2ccccc2)CCCC1. The predicted octanol–water partition coefficient (Wildman–Crippen LogP) is 3.99. The van der Waals surface area contributed by atoms with Gasteiger partial charge in [0, 0.05) is 11.1 Å². The van der Waals surface area contributed by atoms with Gasteiger partial charge in [0.05, 0.1) is 0 Å². The molecule has 0 unspecified atom stereocenters. The van der Waals surface area contributed by atoms with Crippen molar-refractivity contribution < 1.29 is 4.74 Å². The van der Waals surface area contributed by atoms with Crippen molar-refractivity contribution in [1.29, 1.82) is 0 Å². The van der Waals surface area contributed by atoms with E-state index >= 15 is 0 Å². The second kappa shape index (κ2) is 5.68. The molecule has 2 N–H and O–H groups in total. The summed E-state index contributed by atoms with van der Waals surface area (Å²) < 4.78 is 6.02. The monoisotopic (exact) mass is 267 g/mol. The zero-order valence-corrected chi connectivity index (χ0v) is 11.7. The first kappa shape index (κ1) is 13.2. The minimum absolute atomic E-state index is 0.201. The molecule has 2 aromatic carbocycles. The molecule has 1 aliphatic rings. The van der Waals surface area contributed by atoms with Gasteiger partial charge >= 0.3 is 0 Å². The Morgan fingerprint density at radius 2 is 1.55 bits per heavy atom. The second-order valence-corrected chi connectivity index (χ2v) is 5.63. The van der Waals surface area contributed by atoms with Gasteiger partial charge in [-0.3, -0.25) is 0 Å². The fourth-order valence-corrected chi connectivity index (χ4v) is 3.01. The molecule has 0 bridgehead atoms. The van der Waals surface area contributed by atoms with Crippen LogP contribution < -0.4 is 10.5 Å². The topological polar surface area (TPSA) is 35.2 Å². The van der Waals surface area contributed by atoms with Gasteiger partial charge in [0.15, 0.2) is 0 Å². The number of para-hydroxylation sites is 1. The Kier molecular flexibility index (Phi) is 3.75. The molecule has 0 aliphatic heterocycles. The first-order chi connectivity index (χ1) is 9.78. The third-order valence-corrected chi connectivity index (χ3v) is 4.16. The quantitative estimate of drug-likeness (QED) is 0.909. The van der Waals surface area contributed by atoms with E-state index in [0.717, 1.165) is 24.2 Å². The fraction of sp³-hybridized carbons (Fsp3) is 0.333. The van der Waals surface area contributed by atoms with Crippen molar-refractivity contribution in [3.8, 4) is 5.75 Å². The molecule has 20 heavy (non-hydrogen) atoms. The summed E-state index contributed by atoms with van der Waals surface area (Å²) in [5, 5.41) is 0. The van der Waals surface area contributed by atoms with Crippen LogP contribution >= 0.6 is 0 Å². The van der Waals surface area contributed by atoms with Gasteiger partial charge in [-0.25, -0.2) is 0 Å². The van der Waals surface area contributed by atoms with Gasteiger partial charge in [0.25, 0.3) is 0 Å². The number of hydrogen-bond donors (Lipinski definition) is 1. The number of ether oxygens (including phenoxy) is 1. The highest BCUT2D eigenvalue weighted by molar-refractivity contribution is 5.39. The molecule has 0 heterocycles. The van der Waals surface area contributed by atoms with Crippen LogP contribution in [-0.4, -0.2) is 0 Å². The number of benzene rings is 2. The van der Waals surface area contributed by atoms with Crippen LogP contribution in [0.1, 0.15) is 36.8 Å². The molecule has 0 saturated heterocycles. The Labute approximate surface area is 120 Å². The third-order valence-electron chi connectivity index (χ3n) is 4.16. The van der Waals surface area contributed by atoms with Gasteiger partial charge in [-0.05, 0) is 24.5 Å². The zero-order valence-electron chi connectivity index (χ0n) is 11.7. The summed E-state index contributed by atoms with van der Waals surface area (Å²) in [5.74, 6) is 0.931. The number of nitrogens with two attached hydrogens (primary N) is 1. The van der Waals surface area contributed by atoms with Gasteiger partial charge < -0.3 is 10.5 Å². The highest BCUT2D eigenvalue weighted by atomic mass is 16.5. The lowest BCUT2D eigenvalue weighted by molar-refractivity contribution is 0.292. The predicted molar refractivity (Wildman–Crippen MR) is 81.5 cm³/mol. The summed E-state index contributed by atoms with van der Waals surface area (Å²) in [7, 11) is 0. The molecule has 0 atom stereocenters. The first-order valence-corrected chi connectivity index (χ1v) is 7.33. The maximum atomic E-state index is 6.57. The molecular formula is C18H21NO. The molecule has 0 aromatic heterocycles. The lowest BCUT2D eigenvalue weighted by atomic mass is 9.89. The van der Waals surface area contributed by atoms with Crippen molar-refractivity contribution in [2.24, 2.45) is 5.73 Å². The van der Waals surface area contributed by atoms with Crippen LogP contribution in [0.2, 0.25) is 0 Å². The fourth-order valence-electron chi connectivity index (χ4n) is 3.01. The molecule has 2 heteroatoms. The van der Waals surface area contributed by atoms with Gasteiger partial charge in [0.1, 0.15) is 12.4 Å². The van der Waals surface area contributed by atoms with E-state index in [0.29, 0.717) is 6.61 Å². The Bertz CT molecular complexity index is 559. The molecule has 104 valence electrons. The van der Waals surface area contributed by atoms with Gasteiger partial charge in [-0.15, -0.1) is 0 Å². The van der Waals surface area contributed by atoms with Crippen molar-refractivity contribution in [2.75, 3.05) is 0 Å². The lowest BCUT2D eigenvalue weighted by Crippen LogP contribution is -2.33. The molecule has 1 fully saturated rings. The molecule has 0 spiro atoms. The van der Waals surface area contributed by atoms with E-state index in [-0.39, 0.29) is 5.54 Å². The average molecular weight is 267 g/mol. The van der Waals surface area contributed by atoms with Crippen LogP contribution in [0.15, 0.2) is 54.6 Å². The maximum Gasteiger partial charge on any atom is 0.124 e. The van der Waals surface area contributed by atoms with Crippen LogP contribution in [-0.2, 0) is 12.1 Å². The Morgan fingerprint density at radius 3 is 2.30 bits per heavy atom. The van der Waals surface area contributed by atoms with Crippen LogP contribution in [0.3, 0.4) is 0 Å². The van der Waals surface area contributed by atoms with Gasteiger partial charge in [-0.1, -0.05) is 61.4 Å². The summed E-state index contributed by atoms with van der Waals surface area (Å²) in [6, 6.07) is 18.5. The largest absolute Gasteiger partial charge is 0.489 e. The lowest BCUT2D eigenvalue weighted by Gasteiger charge is -2.26. The smallest absolute Gasteiger partial charge is 0.124 e. The van der Waals surface area contributed by atoms with Crippen molar-refractivity contribution in [3.63, 3.8) is 0 Å². The highest BCUT2D eigenvalue weighted by Crippen LogP contribution is 2.40. The minimum Gasteiger partial charge on any atom is -0.489 e. The molecule has 0 amide bonds. The van der Waals surface area contributed by atoms with E-state index in [4.69, 9.17) is 10.5 Å². The van der Waals surface area contributed by atoms with Crippen LogP contribution in [0.25, 0.3) is 0 Å². The van der Waals surface area contributed by atoms with E-state index in [1.165, 1.54) is 18.4 Å². The highest BCUT2D eigenvalue weighted by Gasteiger charge is 2.33. The number of hydrogen-bond acceptors (Lipinski definition) is 2. The van der Waals surface area contributed by atoms with E-state index in [2.05, 4.69) is 24.3 Å². The maximum absolute atomic E-state index is 6.57. The summed E-state index contributed by atoms with van der Waals surface area (Å²) in [5.41, 5.74) is 8.71. The summed E-state index contributed by atoms with van der Waals surface area (Å²) in [4.78, 5) is 0. The van der Waals surface area contributed by atoms with Crippen molar-refractivity contribution in [3.05, 3.63) is 65.7 Å². The molecule has 2 nitrogen and oxygen atoms in total. The van der Waals surface area contributed by atoms with Crippen LogP contribution in [0.4, 0.5) is 0 Å². The summed E-state index contributed by atoms with van der Waals surface area (Å²) >= 11 is 0. The first-order valence-electron chi connectivity index (χ1n) is 7.33. The summed E-state index contributed by atoms with van der Waals surface area (Å²) in [6.07, 6.45) is 4.53. The van der Waals surface area contributed by atoms with Gasteiger partial charge in [0.2, 0.25) is 0 Å². The van der Waals surface area contributed by atoms with E-state index < -0.39 is 0 Å². The molecular weight excluding hydrogens is 246 g/mol. The van der Waals surface area contributed by atoms with Crippen molar-refractivity contribution in [1.82, 2.24) is 0 Å². The van der Waals surface area contributed by atoms with Gasteiger partial charge in [-0.2, -0.15) is 0 Å².